The molecule has 0 radical (unpaired) electrons. The Morgan fingerprint density at radius 2 is 1.17 bits per heavy atom. The van der Waals surface area contributed by atoms with Crippen LogP contribution in [-0.4, -0.2) is 28.4 Å². The van der Waals surface area contributed by atoms with Gasteiger partial charge in [0.05, 0.1) is 29.9 Å². The molecule has 2 aromatic carbocycles. The van der Waals surface area contributed by atoms with Crippen molar-refractivity contribution in [2.24, 2.45) is 0 Å². The molecule has 0 amide bonds. The summed E-state index contributed by atoms with van der Waals surface area (Å²) in [6.45, 7) is 1.77. The molecule has 0 N–H and O–H groups in total. The third-order valence-electron chi connectivity index (χ3n) is 5.61. The number of rotatable bonds is 4. The first-order valence-electron chi connectivity index (χ1n) is 9.98. The molecule has 0 spiro atoms. The molecule has 2 aliphatic rings. The van der Waals surface area contributed by atoms with Gasteiger partial charge in [0.25, 0.3) is 0 Å². The maximum atomic E-state index is 12.9. The summed E-state index contributed by atoms with van der Waals surface area (Å²) in [6, 6.07) is 4.70. The first-order chi connectivity index (χ1) is 16.3. The van der Waals surface area contributed by atoms with Gasteiger partial charge in [0, 0.05) is 11.1 Å². The highest BCUT2D eigenvalue weighted by Crippen LogP contribution is 2.40. The summed E-state index contributed by atoms with van der Waals surface area (Å²) in [4.78, 5) is 24.1. The van der Waals surface area contributed by atoms with Gasteiger partial charge in [-0.3, -0.25) is 9.59 Å². The molecule has 0 aliphatic carbocycles. The fourth-order valence-corrected chi connectivity index (χ4v) is 7.66. The summed E-state index contributed by atoms with van der Waals surface area (Å²) in [5.74, 6) is -1.42. The molecular weight excluding hydrogens is 578 g/mol. The number of allylic oxidation sites excluding steroid dienone is 6. The zero-order valence-electron chi connectivity index (χ0n) is 17.7. The highest BCUT2D eigenvalue weighted by molar-refractivity contribution is 7.97. The Morgan fingerprint density at radius 1 is 0.743 bits per heavy atom. The number of fused-ring (bicyclic) bond motifs is 2. The maximum Gasteiger partial charge on any atom is 0.211 e. The lowest BCUT2D eigenvalue weighted by Gasteiger charge is -2.02. The Bertz CT molecular complexity index is 1650. The molecule has 0 bridgehead atoms. The minimum Gasteiger partial charge on any atom is -0.288 e. The SMILES string of the molecule is CCC(=CC=C1C(=O)c2cc(Cl)c(Cl)cc2S1(=O)=O)CC=C1C(=O)c2cc(Cl)c(Cl)cc2S1(=O)=O. The Kier molecular flexibility index (Phi) is 6.85. The third-order valence-corrected chi connectivity index (χ3v) is 10.7. The van der Waals surface area contributed by atoms with E-state index in [0.717, 1.165) is 18.2 Å². The van der Waals surface area contributed by atoms with Crippen molar-refractivity contribution in [3.63, 3.8) is 0 Å². The Balaban J connectivity index is 1.68. The van der Waals surface area contributed by atoms with Crippen LogP contribution in [0.3, 0.4) is 0 Å². The molecule has 0 saturated carbocycles. The van der Waals surface area contributed by atoms with Crippen LogP contribution >= 0.6 is 46.4 Å². The summed E-state index contributed by atoms with van der Waals surface area (Å²) in [7, 11) is -8.20. The van der Waals surface area contributed by atoms with Crippen molar-refractivity contribution in [3.8, 4) is 0 Å². The zero-order chi connectivity index (χ0) is 25.9. The van der Waals surface area contributed by atoms with Crippen LogP contribution in [0.2, 0.25) is 20.1 Å². The molecule has 0 aromatic heterocycles. The second kappa shape index (κ2) is 9.18. The number of carbonyl (C=O) groups is 2. The summed E-state index contributed by atoms with van der Waals surface area (Å²) in [6.07, 6.45) is 4.26. The van der Waals surface area contributed by atoms with Crippen LogP contribution in [0.15, 0.2) is 67.7 Å². The number of Topliss-reactive ketones (excluding diaryl/α,β-unsaturated/α-hetero) is 2. The van der Waals surface area contributed by atoms with Gasteiger partial charge in [0.15, 0.2) is 0 Å². The van der Waals surface area contributed by atoms with E-state index < -0.39 is 41.1 Å². The molecule has 6 nitrogen and oxygen atoms in total. The van der Waals surface area contributed by atoms with Gasteiger partial charge in [-0.15, -0.1) is 0 Å². The van der Waals surface area contributed by atoms with Crippen LogP contribution in [0, 0.1) is 0 Å². The quantitative estimate of drug-likeness (QED) is 0.379. The third kappa shape index (κ3) is 4.30. The van der Waals surface area contributed by atoms with Crippen LogP contribution in [0.4, 0.5) is 0 Å². The van der Waals surface area contributed by atoms with Gasteiger partial charge >= 0.3 is 0 Å². The number of ketones is 2. The first-order valence-corrected chi connectivity index (χ1v) is 14.5. The Morgan fingerprint density at radius 3 is 1.66 bits per heavy atom. The van der Waals surface area contributed by atoms with Crippen LogP contribution in [0.25, 0.3) is 0 Å². The van der Waals surface area contributed by atoms with Crippen molar-refractivity contribution in [3.05, 3.63) is 89.1 Å². The average Bonchev–Trinajstić information content (AvgIpc) is 3.08. The molecule has 4 rings (SSSR count). The van der Waals surface area contributed by atoms with E-state index in [0.29, 0.717) is 12.0 Å². The van der Waals surface area contributed by atoms with Gasteiger partial charge in [-0.25, -0.2) is 16.8 Å². The van der Waals surface area contributed by atoms with E-state index in [1.165, 1.54) is 24.3 Å². The van der Waals surface area contributed by atoms with Crippen LogP contribution in [0.1, 0.15) is 40.5 Å². The van der Waals surface area contributed by atoms with Crippen molar-refractivity contribution in [2.75, 3.05) is 0 Å². The van der Waals surface area contributed by atoms with Crippen molar-refractivity contribution in [1.82, 2.24) is 0 Å². The largest absolute Gasteiger partial charge is 0.288 e. The normalized spacial score (nSPS) is 20.5. The van der Waals surface area contributed by atoms with Gasteiger partial charge < -0.3 is 0 Å². The molecule has 35 heavy (non-hydrogen) atoms. The maximum absolute atomic E-state index is 12.9. The Hall–Kier alpha value is -1.94. The van der Waals surface area contributed by atoms with Gasteiger partial charge in [-0.05, 0) is 43.2 Å². The predicted octanol–water partition coefficient (Wildman–Crippen LogP) is 6.43. The van der Waals surface area contributed by atoms with E-state index in [-0.39, 0.29) is 47.4 Å². The van der Waals surface area contributed by atoms with E-state index in [2.05, 4.69) is 0 Å². The molecule has 182 valence electrons. The molecule has 2 heterocycles. The van der Waals surface area contributed by atoms with Gasteiger partial charge in [0.2, 0.25) is 31.2 Å². The first kappa shape index (κ1) is 26.1. The van der Waals surface area contributed by atoms with Gasteiger partial charge in [-0.1, -0.05) is 71.1 Å². The highest BCUT2D eigenvalue weighted by atomic mass is 35.5. The van der Waals surface area contributed by atoms with Crippen LogP contribution < -0.4 is 0 Å². The van der Waals surface area contributed by atoms with E-state index >= 15 is 0 Å². The molecule has 12 heteroatoms. The minimum atomic E-state index is -4.11. The standard InChI is InChI=1S/C23H14Cl4O6S2/c1-2-11(3-5-18-22(28)12-7-14(24)16(26)9-20(12)34(18,30)31)4-6-19-23(29)13-8-15(25)17(27)10-21(13)35(19,32)33/h3,5-10H,2,4H2,1H3. The second-order valence-corrected chi connectivity index (χ2v) is 13.1. The van der Waals surface area contributed by atoms with E-state index in [1.807, 2.05) is 0 Å². The van der Waals surface area contributed by atoms with Gasteiger partial charge in [-0.2, -0.15) is 0 Å². The van der Waals surface area contributed by atoms with E-state index in [1.54, 1.807) is 6.92 Å². The summed E-state index contributed by atoms with van der Waals surface area (Å²) < 4.78 is 51.4. The number of carbonyl (C=O) groups excluding carboxylic acids is 2. The summed E-state index contributed by atoms with van der Waals surface area (Å²) >= 11 is 23.7. The lowest BCUT2D eigenvalue weighted by Crippen LogP contribution is -2.03. The summed E-state index contributed by atoms with van der Waals surface area (Å²) in [5.41, 5.74) is 0.444. The number of sulfone groups is 2. The van der Waals surface area contributed by atoms with E-state index in [9.17, 15) is 26.4 Å². The van der Waals surface area contributed by atoms with Crippen molar-refractivity contribution < 1.29 is 26.4 Å². The van der Waals surface area contributed by atoms with Crippen LogP contribution in [0.5, 0.6) is 0 Å². The molecular formula is C23H14Cl4O6S2. The van der Waals surface area contributed by atoms with Crippen molar-refractivity contribution >= 4 is 77.6 Å². The molecule has 0 saturated heterocycles. The molecule has 2 aromatic rings. The lowest BCUT2D eigenvalue weighted by atomic mass is 10.1. The minimum absolute atomic E-state index is 0.00506. The smallest absolute Gasteiger partial charge is 0.211 e. The average molecular weight is 592 g/mol. The highest BCUT2D eigenvalue weighted by Gasteiger charge is 2.40. The topological polar surface area (TPSA) is 102 Å². The predicted molar refractivity (Wildman–Crippen MR) is 135 cm³/mol. The van der Waals surface area contributed by atoms with Crippen LogP contribution in [-0.2, 0) is 19.7 Å². The fourth-order valence-electron chi connectivity index (χ4n) is 3.72. The van der Waals surface area contributed by atoms with Crippen molar-refractivity contribution in [1.29, 1.82) is 0 Å². The number of halogens is 4. The second-order valence-electron chi connectivity index (χ2n) is 7.67. The monoisotopic (exact) mass is 590 g/mol. The fraction of sp³-hybridized carbons (Fsp3) is 0.130. The molecule has 0 atom stereocenters. The molecule has 2 aliphatic heterocycles. The summed E-state index contributed by atoms with van der Waals surface area (Å²) in [5, 5.41) is 0.125. The lowest BCUT2D eigenvalue weighted by molar-refractivity contribution is 0.103. The Labute approximate surface area is 221 Å². The zero-order valence-corrected chi connectivity index (χ0v) is 22.4. The number of hydrogen-bond donors (Lipinski definition) is 0. The number of hydrogen-bond acceptors (Lipinski definition) is 6. The molecule has 0 fully saturated rings. The van der Waals surface area contributed by atoms with E-state index in [4.69, 9.17) is 46.4 Å². The molecule has 0 unspecified atom stereocenters. The number of benzene rings is 2. The van der Waals surface area contributed by atoms with Gasteiger partial charge in [0.1, 0.15) is 9.81 Å². The van der Waals surface area contributed by atoms with Crippen molar-refractivity contribution in [2.45, 2.75) is 29.6 Å².